The van der Waals surface area contributed by atoms with Gasteiger partial charge in [-0.15, -0.1) is 0 Å². The summed E-state index contributed by atoms with van der Waals surface area (Å²) in [7, 11) is 0. The molecule has 0 aromatic carbocycles. The first-order chi connectivity index (χ1) is 12.9. The van der Waals surface area contributed by atoms with Crippen LogP contribution < -0.4 is 5.32 Å². The Morgan fingerprint density at radius 1 is 1.07 bits per heavy atom. The number of rotatable bonds is 6. The van der Waals surface area contributed by atoms with E-state index in [1.165, 1.54) is 0 Å². The van der Waals surface area contributed by atoms with Crippen LogP contribution in [0.4, 0.5) is 39.5 Å². The highest BCUT2D eigenvalue weighted by molar-refractivity contribution is 5.86. The number of halogens is 9. The van der Waals surface area contributed by atoms with Crippen LogP contribution in [0.15, 0.2) is 0 Å². The molecule has 2 atom stereocenters. The molecule has 1 rings (SSSR count). The van der Waals surface area contributed by atoms with Crippen LogP contribution in [-0.2, 0) is 28.5 Å². The van der Waals surface area contributed by atoms with Crippen LogP contribution in [0.5, 0.6) is 0 Å². The van der Waals surface area contributed by atoms with Gasteiger partial charge in [-0.1, -0.05) is 0 Å². The SMILES string of the molecule is CCOC(=O)C(NC(C)=O)(OCC1COC(C(F)(F)F)(C(F)(F)F)O1)C(F)(F)F. The fourth-order valence-corrected chi connectivity index (χ4v) is 2.17. The van der Waals surface area contributed by atoms with Gasteiger partial charge in [0.25, 0.3) is 0 Å². The molecule has 7 nitrogen and oxygen atoms in total. The minimum Gasteiger partial charge on any atom is -0.462 e. The van der Waals surface area contributed by atoms with Gasteiger partial charge < -0.3 is 24.3 Å². The van der Waals surface area contributed by atoms with Crippen LogP contribution in [0.2, 0.25) is 0 Å². The number of carbonyl (C=O) groups is 2. The van der Waals surface area contributed by atoms with Crippen molar-refractivity contribution in [3.05, 3.63) is 0 Å². The molecule has 16 heteroatoms. The topological polar surface area (TPSA) is 83.1 Å². The molecule has 0 saturated carbocycles. The number of alkyl halides is 9. The molecule has 170 valence electrons. The van der Waals surface area contributed by atoms with E-state index in [0.717, 1.165) is 12.2 Å². The number of amides is 1. The van der Waals surface area contributed by atoms with Crippen molar-refractivity contribution < 1.29 is 68.1 Å². The third-order valence-electron chi connectivity index (χ3n) is 3.35. The van der Waals surface area contributed by atoms with E-state index in [0.29, 0.717) is 6.92 Å². The van der Waals surface area contributed by atoms with E-state index in [-0.39, 0.29) is 0 Å². The molecule has 0 radical (unpaired) electrons. The molecule has 0 aliphatic carbocycles. The summed E-state index contributed by atoms with van der Waals surface area (Å²) < 4.78 is 133. The second-order valence-electron chi connectivity index (χ2n) is 5.55. The summed E-state index contributed by atoms with van der Waals surface area (Å²) >= 11 is 0. The molecule has 0 aromatic heterocycles. The number of hydrogen-bond acceptors (Lipinski definition) is 6. The summed E-state index contributed by atoms with van der Waals surface area (Å²) in [4.78, 5) is 22.9. The molecule has 1 fully saturated rings. The number of carbonyl (C=O) groups excluding carboxylic acids is 2. The van der Waals surface area contributed by atoms with Gasteiger partial charge in [-0.3, -0.25) is 4.79 Å². The maximum absolute atomic E-state index is 13.4. The van der Waals surface area contributed by atoms with Crippen molar-refractivity contribution in [3.63, 3.8) is 0 Å². The number of esters is 1. The maximum atomic E-state index is 13.4. The van der Waals surface area contributed by atoms with Crippen molar-refractivity contribution in [2.45, 2.75) is 50.0 Å². The lowest BCUT2D eigenvalue weighted by molar-refractivity contribution is -0.444. The van der Waals surface area contributed by atoms with Crippen LogP contribution in [0.3, 0.4) is 0 Å². The minimum absolute atomic E-state index is 0.552. The Labute approximate surface area is 156 Å². The Balaban J connectivity index is 3.15. The summed E-state index contributed by atoms with van der Waals surface area (Å²) in [5.41, 5.74) is -4.19. The van der Waals surface area contributed by atoms with Crippen molar-refractivity contribution >= 4 is 11.9 Å². The summed E-state index contributed by atoms with van der Waals surface area (Å²) in [5.74, 6) is -8.74. The first-order valence-corrected chi connectivity index (χ1v) is 7.55. The van der Waals surface area contributed by atoms with Crippen molar-refractivity contribution in [1.29, 1.82) is 0 Å². The zero-order valence-corrected chi connectivity index (χ0v) is 14.5. The Bertz CT molecular complexity index is 603. The standard InChI is InChI=1S/C13H14F9NO6/c1-3-26-8(25)9(11(14,15)16,23-6(2)24)27-4-7-5-28-10(29-7,12(17,18)19)13(20,21)22/h7H,3-5H2,1-2H3,(H,23,24). The van der Waals surface area contributed by atoms with Crippen LogP contribution in [-0.4, -0.2) is 67.8 Å². The molecule has 0 bridgehead atoms. The Hall–Kier alpha value is -1.81. The molecule has 2 unspecified atom stereocenters. The van der Waals surface area contributed by atoms with Crippen LogP contribution >= 0.6 is 0 Å². The first kappa shape index (κ1) is 25.2. The highest BCUT2D eigenvalue weighted by Gasteiger charge is 2.77. The fourth-order valence-electron chi connectivity index (χ4n) is 2.17. The lowest BCUT2D eigenvalue weighted by atomic mass is 10.2. The molecule has 29 heavy (non-hydrogen) atoms. The number of hydrogen-bond donors (Lipinski definition) is 1. The summed E-state index contributed by atoms with van der Waals surface area (Å²) in [6, 6.07) is 0. The average Bonchev–Trinajstić information content (AvgIpc) is 2.95. The van der Waals surface area contributed by atoms with E-state index in [1.54, 1.807) is 0 Å². The first-order valence-electron chi connectivity index (χ1n) is 7.55. The predicted octanol–water partition coefficient (Wildman–Crippen LogP) is 2.20. The quantitative estimate of drug-likeness (QED) is 0.379. The summed E-state index contributed by atoms with van der Waals surface area (Å²) in [6.07, 6.45) is -20.3. The van der Waals surface area contributed by atoms with E-state index in [9.17, 15) is 49.1 Å². The third-order valence-corrected chi connectivity index (χ3v) is 3.35. The van der Waals surface area contributed by atoms with Crippen molar-refractivity contribution in [1.82, 2.24) is 5.32 Å². The van der Waals surface area contributed by atoms with E-state index >= 15 is 0 Å². The van der Waals surface area contributed by atoms with Crippen molar-refractivity contribution in [2.75, 3.05) is 19.8 Å². The molecule has 1 aliphatic heterocycles. The fraction of sp³-hybridized carbons (Fsp3) is 0.846. The van der Waals surface area contributed by atoms with Gasteiger partial charge in [0.05, 0.1) is 19.8 Å². The highest BCUT2D eigenvalue weighted by atomic mass is 19.4. The number of ether oxygens (including phenoxy) is 4. The Kier molecular flexibility index (Phi) is 7.08. The molecular weight excluding hydrogens is 437 g/mol. The molecule has 1 aliphatic rings. The van der Waals surface area contributed by atoms with E-state index in [1.807, 2.05) is 0 Å². The zero-order valence-electron chi connectivity index (χ0n) is 14.5. The second-order valence-corrected chi connectivity index (χ2v) is 5.55. The smallest absolute Gasteiger partial charge is 0.453 e. The predicted molar refractivity (Wildman–Crippen MR) is 70.9 cm³/mol. The van der Waals surface area contributed by atoms with Gasteiger partial charge in [0.1, 0.15) is 6.10 Å². The van der Waals surface area contributed by atoms with Crippen molar-refractivity contribution in [3.8, 4) is 0 Å². The monoisotopic (exact) mass is 451 g/mol. The van der Waals surface area contributed by atoms with Crippen molar-refractivity contribution in [2.24, 2.45) is 0 Å². The minimum atomic E-state index is -6.13. The molecule has 1 saturated heterocycles. The van der Waals surface area contributed by atoms with Crippen LogP contribution in [0.25, 0.3) is 0 Å². The van der Waals surface area contributed by atoms with Gasteiger partial charge in [-0.25, -0.2) is 4.79 Å². The molecule has 0 spiro atoms. The average molecular weight is 451 g/mol. The zero-order chi connectivity index (χ0) is 22.9. The van der Waals surface area contributed by atoms with Gasteiger partial charge >= 0.3 is 36.0 Å². The molecule has 1 N–H and O–H groups in total. The van der Waals surface area contributed by atoms with Gasteiger partial charge in [-0.2, -0.15) is 39.5 Å². The lowest BCUT2D eigenvalue weighted by Crippen LogP contribution is -2.66. The van der Waals surface area contributed by atoms with E-state index in [4.69, 9.17) is 0 Å². The normalized spacial score (nSPS) is 22.1. The largest absolute Gasteiger partial charge is 0.462 e. The summed E-state index contributed by atoms with van der Waals surface area (Å²) in [5, 5.41) is 1.12. The molecule has 1 amide bonds. The van der Waals surface area contributed by atoms with Crippen LogP contribution in [0, 0.1) is 0 Å². The molecule has 0 aromatic rings. The van der Waals surface area contributed by atoms with E-state index in [2.05, 4.69) is 18.9 Å². The summed E-state index contributed by atoms with van der Waals surface area (Å²) in [6.45, 7) is -2.09. The molecular formula is C13H14F9NO6. The highest BCUT2D eigenvalue weighted by Crippen LogP contribution is 2.50. The van der Waals surface area contributed by atoms with Crippen LogP contribution in [0.1, 0.15) is 13.8 Å². The maximum Gasteiger partial charge on any atom is 0.453 e. The molecule has 1 heterocycles. The third kappa shape index (κ3) is 4.85. The lowest BCUT2D eigenvalue weighted by Gasteiger charge is -2.34. The van der Waals surface area contributed by atoms with Gasteiger partial charge in [0.15, 0.2) is 0 Å². The number of nitrogens with one attached hydrogen (secondary N) is 1. The van der Waals surface area contributed by atoms with Gasteiger partial charge in [-0.05, 0) is 6.92 Å². The Morgan fingerprint density at radius 3 is 1.93 bits per heavy atom. The second kappa shape index (κ2) is 8.14. The van der Waals surface area contributed by atoms with Gasteiger partial charge in [0, 0.05) is 6.92 Å². The van der Waals surface area contributed by atoms with E-state index < -0.39 is 67.8 Å². The Morgan fingerprint density at radius 2 is 1.59 bits per heavy atom. The van der Waals surface area contributed by atoms with Gasteiger partial charge in [0.2, 0.25) is 5.91 Å².